The number of nitrogens with two attached hydrogens (primary N) is 1. The van der Waals surface area contributed by atoms with Crippen molar-refractivity contribution < 1.29 is 27.8 Å². The normalized spacial score (nSPS) is 11.4. The molecule has 0 spiro atoms. The fourth-order valence-electron chi connectivity index (χ4n) is 1.67. The van der Waals surface area contributed by atoms with Crippen molar-refractivity contribution in [3.8, 4) is 17.2 Å². The largest absolute Gasteiger partial charge is 0.493 e. The molecule has 1 unspecified atom stereocenters. The zero-order valence-electron chi connectivity index (χ0n) is 13.1. The van der Waals surface area contributed by atoms with Gasteiger partial charge < -0.3 is 25.3 Å². The number of amides is 1. The molecule has 0 saturated heterocycles. The van der Waals surface area contributed by atoms with Crippen LogP contribution >= 0.6 is 12.4 Å². The van der Waals surface area contributed by atoms with Gasteiger partial charge in [0, 0.05) is 12.1 Å². The number of hydrogen-bond donors (Lipinski definition) is 2. The molecule has 6 nitrogen and oxygen atoms in total. The summed E-state index contributed by atoms with van der Waals surface area (Å²) in [5.74, 6) is -0.560. The fraction of sp³-hybridized carbons (Fsp3) is 0.500. The molecule has 0 aliphatic heterocycles. The van der Waals surface area contributed by atoms with Crippen molar-refractivity contribution in [2.45, 2.75) is 13.5 Å². The van der Waals surface area contributed by atoms with E-state index in [1.807, 2.05) is 6.92 Å². The Kier molecular flexibility index (Phi) is 9.28. The van der Waals surface area contributed by atoms with Gasteiger partial charge in [0.15, 0.2) is 11.5 Å². The van der Waals surface area contributed by atoms with Crippen LogP contribution in [0.4, 0.5) is 8.78 Å². The van der Waals surface area contributed by atoms with E-state index in [1.165, 1.54) is 26.4 Å². The summed E-state index contributed by atoms with van der Waals surface area (Å²) in [4.78, 5) is 12.1. The van der Waals surface area contributed by atoms with E-state index >= 15 is 0 Å². The van der Waals surface area contributed by atoms with Gasteiger partial charge in [0.05, 0.1) is 14.2 Å². The molecule has 0 saturated carbocycles. The standard InChI is InChI=1S/C14H20F2N2O4.ClH/c1-8(6-17)7-18-13(19)9-4-10(20-2)12(22-14(15)16)11(5-9)21-3;/h4-5,8,14H,6-7,17H2,1-3H3,(H,18,19);1H. The molecule has 132 valence electrons. The molecule has 3 N–H and O–H groups in total. The Bertz CT molecular complexity index is 493. The molecular weight excluding hydrogens is 334 g/mol. The van der Waals surface area contributed by atoms with Crippen molar-refractivity contribution in [1.29, 1.82) is 0 Å². The van der Waals surface area contributed by atoms with Crippen LogP contribution in [0.5, 0.6) is 17.2 Å². The second-order valence-electron chi connectivity index (χ2n) is 4.64. The Labute approximate surface area is 139 Å². The lowest BCUT2D eigenvalue weighted by molar-refractivity contribution is -0.0526. The molecule has 1 aromatic carbocycles. The summed E-state index contributed by atoms with van der Waals surface area (Å²) in [6.45, 7) is -0.308. The van der Waals surface area contributed by atoms with Gasteiger partial charge in [0.25, 0.3) is 5.91 Å². The summed E-state index contributed by atoms with van der Waals surface area (Å²) in [7, 11) is 2.57. The number of rotatable bonds is 8. The Morgan fingerprint density at radius 3 is 2.17 bits per heavy atom. The van der Waals surface area contributed by atoms with Gasteiger partial charge in [0.1, 0.15) is 0 Å². The number of nitrogens with one attached hydrogen (secondary N) is 1. The van der Waals surface area contributed by atoms with Gasteiger partial charge >= 0.3 is 6.61 Å². The lowest BCUT2D eigenvalue weighted by atomic mass is 10.1. The lowest BCUT2D eigenvalue weighted by Gasteiger charge is -2.16. The number of benzene rings is 1. The molecule has 1 amide bonds. The maximum Gasteiger partial charge on any atom is 0.387 e. The van der Waals surface area contributed by atoms with Crippen molar-refractivity contribution in [3.05, 3.63) is 17.7 Å². The summed E-state index contributed by atoms with van der Waals surface area (Å²) in [6, 6.07) is 2.62. The molecule has 23 heavy (non-hydrogen) atoms. The lowest BCUT2D eigenvalue weighted by Crippen LogP contribution is -2.31. The van der Waals surface area contributed by atoms with Crippen LogP contribution in [0.25, 0.3) is 0 Å². The number of carbonyl (C=O) groups excluding carboxylic acids is 1. The highest BCUT2D eigenvalue weighted by molar-refractivity contribution is 5.95. The zero-order valence-corrected chi connectivity index (χ0v) is 13.9. The molecule has 9 heteroatoms. The fourth-order valence-corrected chi connectivity index (χ4v) is 1.67. The predicted octanol–water partition coefficient (Wildman–Crippen LogP) is 2.05. The van der Waals surface area contributed by atoms with Gasteiger partial charge in [-0.25, -0.2) is 0 Å². The number of ether oxygens (including phenoxy) is 3. The highest BCUT2D eigenvalue weighted by Crippen LogP contribution is 2.39. The molecule has 0 bridgehead atoms. The van der Waals surface area contributed by atoms with Crippen LogP contribution in [0.1, 0.15) is 17.3 Å². The van der Waals surface area contributed by atoms with E-state index in [4.69, 9.17) is 15.2 Å². The summed E-state index contributed by atoms with van der Waals surface area (Å²) >= 11 is 0. The van der Waals surface area contributed by atoms with Crippen LogP contribution in [0.3, 0.4) is 0 Å². The van der Waals surface area contributed by atoms with Gasteiger partial charge in [-0.2, -0.15) is 8.78 Å². The van der Waals surface area contributed by atoms with Gasteiger partial charge in [0.2, 0.25) is 5.75 Å². The third-order valence-electron chi connectivity index (χ3n) is 2.94. The first kappa shape index (κ1) is 21.2. The SMILES string of the molecule is COc1cc(C(=O)NCC(C)CN)cc(OC)c1OC(F)F.Cl. The number of carbonyl (C=O) groups is 1. The van der Waals surface area contributed by atoms with Crippen LogP contribution in [-0.4, -0.2) is 39.8 Å². The minimum atomic E-state index is -3.03. The van der Waals surface area contributed by atoms with Crippen molar-refractivity contribution in [2.75, 3.05) is 27.3 Å². The minimum Gasteiger partial charge on any atom is -0.493 e. The average Bonchev–Trinajstić information content (AvgIpc) is 2.51. The molecule has 0 aliphatic carbocycles. The predicted molar refractivity (Wildman–Crippen MR) is 84.0 cm³/mol. The van der Waals surface area contributed by atoms with Gasteiger partial charge in [-0.3, -0.25) is 4.79 Å². The highest BCUT2D eigenvalue weighted by atomic mass is 35.5. The number of halogens is 3. The van der Waals surface area contributed by atoms with E-state index in [-0.39, 0.29) is 47.0 Å². The maximum absolute atomic E-state index is 12.4. The minimum absolute atomic E-state index is 0. The third kappa shape index (κ3) is 6.07. The van der Waals surface area contributed by atoms with Crippen molar-refractivity contribution in [3.63, 3.8) is 0 Å². The van der Waals surface area contributed by atoms with E-state index in [2.05, 4.69) is 10.1 Å². The van der Waals surface area contributed by atoms with Gasteiger partial charge in [-0.1, -0.05) is 6.92 Å². The summed E-state index contributed by atoms with van der Waals surface area (Å²) < 4.78 is 39.2. The molecule has 0 heterocycles. The third-order valence-corrected chi connectivity index (χ3v) is 2.94. The first-order valence-corrected chi connectivity index (χ1v) is 6.62. The van der Waals surface area contributed by atoms with E-state index < -0.39 is 6.61 Å². The zero-order chi connectivity index (χ0) is 16.7. The van der Waals surface area contributed by atoms with Crippen molar-refractivity contribution in [1.82, 2.24) is 5.32 Å². The Balaban J connectivity index is 0.00000484. The van der Waals surface area contributed by atoms with E-state index in [1.54, 1.807) is 0 Å². The molecule has 0 fully saturated rings. The monoisotopic (exact) mass is 354 g/mol. The summed E-state index contributed by atoms with van der Waals surface area (Å²) in [6.07, 6.45) is 0. The second kappa shape index (κ2) is 10.1. The molecule has 1 atom stereocenters. The van der Waals surface area contributed by atoms with Crippen molar-refractivity contribution >= 4 is 18.3 Å². The quantitative estimate of drug-likeness (QED) is 0.746. The Morgan fingerprint density at radius 2 is 1.78 bits per heavy atom. The summed E-state index contributed by atoms with van der Waals surface area (Å²) in [5.41, 5.74) is 5.68. The number of hydrogen-bond acceptors (Lipinski definition) is 5. The molecule has 0 radical (unpaired) electrons. The highest BCUT2D eigenvalue weighted by Gasteiger charge is 2.20. The molecule has 1 rings (SSSR count). The van der Waals surface area contributed by atoms with E-state index in [0.29, 0.717) is 13.1 Å². The average molecular weight is 355 g/mol. The maximum atomic E-state index is 12.4. The first-order chi connectivity index (χ1) is 10.4. The number of methoxy groups -OCH3 is 2. The van der Waals surface area contributed by atoms with Crippen LogP contribution in [0.15, 0.2) is 12.1 Å². The smallest absolute Gasteiger partial charge is 0.387 e. The Morgan fingerprint density at radius 1 is 1.26 bits per heavy atom. The topological polar surface area (TPSA) is 82.8 Å². The first-order valence-electron chi connectivity index (χ1n) is 6.62. The molecular formula is C14H21ClF2N2O4. The molecule has 1 aromatic rings. The number of alkyl halides is 2. The van der Waals surface area contributed by atoms with Crippen LogP contribution < -0.4 is 25.3 Å². The molecule has 0 aromatic heterocycles. The van der Waals surface area contributed by atoms with Gasteiger partial charge in [-0.15, -0.1) is 12.4 Å². The van der Waals surface area contributed by atoms with Crippen LogP contribution in [0, 0.1) is 5.92 Å². The Hall–Kier alpha value is -1.80. The van der Waals surface area contributed by atoms with Crippen molar-refractivity contribution in [2.24, 2.45) is 11.7 Å². The second-order valence-corrected chi connectivity index (χ2v) is 4.64. The van der Waals surface area contributed by atoms with E-state index in [0.717, 1.165) is 0 Å². The molecule has 0 aliphatic rings. The van der Waals surface area contributed by atoms with Crippen LogP contribution in [-0.2, 0) is 0 Å². The van der Waals surface area contributed by atoms with Gasteiger partial charge in [-0.05, 0) is 24.6 Å². The van der Waals surface area contributed by atoms with E-state index in [9.17, 15) is 13.6 Å². The summed E-state index contributed by atoms with van der Waals surface area (Å²) in [5, 5.41) is 2.69. The van der Waals surface area contributed by atoms with Crippen LogP contribution in [0.2, 0.25) is 0 Å².